The summed E-state index contributed by atoms with van der Waals surface area (Å²) in [6.07, 6.45) is 18.0. The Balaban J connectivity index is 2.06. The molecule has 1 aromatic carbocycles. The Morgan fingerprint density at radius 2 is 1.24 bits per heavy atom. The average Bonchev–Trinajstić information content (AvgIpc) is 2.36. The third kappa shape index (κ3) is 4.60. The fourth-order valence-corrected chi connectivity index (χ4v) is 2.26. The van der Waals surface area contributed by atoms with E-state index in [1.807, 2.05) is 0 Å². The molecule has 0 aromatic heterocycles. The van der Waals surface area contributed by atoms with Crippen LogP contribution in [0, 0.1) is 0 Å². The maximum Gasteiger partial charge on any atom is -0.00974 e. The van der Waals surface area contributed by atoms with Crippen molar-refractivity contribution in [3.05, 3.63) is 59.7 Å². The summed E-state index contributed by atoms with van der Waals surface area (Å²) >= 11 is 0. The second-order valence-corrected chi connectivity index (χ2v) is 4.81. The number of fused-ring (bicyclic) bond motifs is 2. The summed E-state index contributed by atoms with van der Waals surface area (Å²) in [7, 11) is 0. The van der Waals surface area contributed by atoms with Crippen LogP contribution in [-0.2, 0) is 12.8 Å². The van der Waals surface area contributed by atoms with Crippen molar-refractivity contribution in [3.63, 3.8) is 0 Å². The first-order valence-corrected chi connectivity index (χ1v) is 6.83. The molecule has 0 saturated heterocycles. The van der Waals surface area contributed by atoms with Gasteiger partial charge in [0.2, 0.25) is 0 Å². The van der Waals surface area contributed by atoms with Gasteiger partial charge in [-0.3, -0.25) is 0 Å². The van der Waals surface area contributed by atoms with Crippen molar-refractivity contribution >= 4 is 0 Å². The maximum absolute atomic E-state index is 2.34. The van der Waals surface area contributed by atoms with Gasteiger partial charge in [0.15, 0.2) is 0 Å². The van der Waals surface area contributed by atoms with Crippen LogP contribution in [0.25, 0.3) is 0 Å². The van der Waals surface area contributed by atoms with Gasteiger partial charge in [0.05, 0.1) is 0 Å². The van der Waals surface area contributed by atoms with Gasteiger partial charge in [-0.25, -0.2) is 0 Å². The molecule has 0 saturated carbocycles. The van der Waals surface area contributed by atoms with E-state index in [1.54, 1.807) is 0 Å². The molecule has 0 unspecified atom stereocenters. The van der Waals surface area contributed by atoms with Gasteiger partial charge in [-0.2, -0.15) is 0 Å². The first-order chi connectivity index (χ1) is 8.45. The Bertz CT molecular complexity index is 352. The van der Waals surface area contributed by atoms with E-state index >= 15 is 0 Å². The molecular formula is C17H22. The highest BCUT2D eigenvalue weighted by Crippen LogP contribution is 2.10. The molecule has 0 heteroatoms. The Labute approximate surface area is 105 Å². The van der Waals surface area contributed by atoms with Crippen molar-refractivity contribution < 1.29 is 0 Å². The molecule has 0 N–H and O–H groups in total. The van der Waals surface area contributed by atoms with Crippen LogP contribution < -0.4 is 0 Å². The third-order valence-corrected chi connectivity index (χ3v) is 3.27. The molecule has 90 valence electrons. The number of benzene rings is 1. The number of allylic oxidation sites excluding steroid dienone is 4. The molecule has 1 aromatic rings. The lowest BCUT2D eigenvalue weighted by molar-refractivity contribution is 0.695. The summed E-state index contributed by atoms with van der Waals surface area (Å²) in [5.74, 6) is 0. The van der Waals surface area contributed by atoms with E-state index in [0.717, 1.165) is 12.8 Å². The van der Waals surface area contributed by atoms with Crippen molar-refractivity contribution in [1.82, 2.24) is 0 Å². The zero-order valence-corrected chi connectivity index (χ0v) is 10.6. The molecule has 1 aliphatic rings. The van der Waals surface area contributed by atoms with Gasteiger partial charge in [-0.05, 0) is 49.7 Å². The Hall–Kier alpha value is -1.30. The summed E-state index contributed by atoms with van der Waals surface area (Å²) in [4.78, 5) is 0. The molecule has 0 nitrogen and oxygen atoms in total. The van der Waals surface area contributed by atoms with Gasteiger partial charge >= 0.3 is 0 Å². The van der Waals surface area contributed by atoms with Crippen LogP contribution in [0.3, 0.4) is 0 Å². The monoisotopic (exact) mass is 226 g/mol. The minimum atomic E-state index is 1.08. The second kappa shape index (κ2) is 7.11. The lowest BCUT2D eigenvalue weighted by atomic mass is 10.0. The molecule has 2 bridgehead atoms. The lowest BCUT2D eigenvalue weighted by Crippen LogP contribution is -1.87. The highest BCUT2D eigenvalue weighted by molar-refractivity contribution is 5.26. The van der Waals surface area contributed by atoms with E-state index in [-0.39, 0.29) is 0 Å². The summed E-state index contributed by atoms with van der Waals surface area (Å²) < 4.78 is 0. The largest absolute Gasteiger partial charge is 0.0882 e. The molecule has 0 fully saturated rings. The first-order valence-electron chi connectivity index (χ1n) is 6.83. The van der Waals surface area contributed by atoms with E-state index in [4.69, 9.17) is 0 Å². The van der Waals surface area contributed by atoms with Crippen molar-refractivity contribution in [2.75, 3.05) is 0 Å². The van der Waals surface area contributed by atoms with Crippen LogP contribution in [0.4, 0.5) is 0 Å². The molecule has 0 atom stereocenters. The Morgan fingerprint density at radius 3 is 1.82 bits per heavy atom. The van der Waals surface area contributed by atoms with Crippen LogP contribution in [0.1, 0.15) is 43.2 Å². The van der Waals surface area contributed by atoms with E-state index in [9.17, 15) is 0 Å². The highest BCUT2D eigenvalue weighted by atomic mass is 14.0. The van der Waals surface area contributed by atoms with E-state index in [2.05, 4.69) is 48.6 Å². The SMILES string of the molecule is C1=C\Cc2cccc(c2)C/C=C\CCCCC/1. The predicted molar refractivity (Wildman–Crippen MR) is 75.2 cm³/mol. The molecule has 2 rings (SSSR count). The van der Waals surface area contributed by atoms with Gasteiger partial charge in [0, 0.05) is 0 Å². The number of hydrogen-bond donors (Lipinski definition) is 0. The van der Waals surface area contributed by atoms with Crippen LogP contribution in [0.5, 0.6) is 0 Å². The van der Waals surface area contributed by atoms with E-state index in [0.29, 0.717) is 0 Å². The van der Waals surface area contributed by atoms with Gasteiger partial charge in [-0.15, -0.1) is 0 Å². The van der Waals surface area contributed by atoms with Crippen LogP contribution in [0.2, 0.25) is 0 Å². The van der Waals surface area contributed by atoms with Crippen LogP contribution in [0.15, 0.2) is 48.6 Å². The van der Waals surface area contributed by atoms with Crippen molar-refractivity contribution in [2.45, 2.75) is 44.9 Å². The molecule has 1 aliphatic carbocycles. The van der Waals surface area contributed by atoms with Gasteiger partial charge in [-0.1, -0.05) is 55.0 Å². The second-order valence-electron chi connectivity index (χ2n) is 4.81. The standard InChI is InChI=1S/C17H22/c1-2-4-6-8-11-16-13-10-14-17(15-16)12-9-7-5-3-1/h6-10,13-15H,1-5,11-12H2/b8-6-,9-7-. The van der Waals surface area contributed by atoms with Gasteiger partial charge in [0.1, 0.15) is 0 Å². The quantitative estimate of drug-likeness (QED) is 0.555. The summed E-state index contributed by atoms with van der Waals surface area (Å²) in [6, 6.07) is 8.96. The molecular weight excluding hydrogens is 204 g/mol. The summed E-state index contributed by atoms with van der Waals surface area (Å²) in [6.45, 7) is 0. The third-order valence-electron chi connectivity index (χ3n) is 3.27. The first kappa shape index (κ1) is 12.2. The van der Waals surface area contributed by atoms with E-state index in [1.165, 1.54) is 43.2 Å². The van der Waals surface area contributed by atoms with E-state index < -0.39 is 0 Å². The molecule has 0 heterocycles. The normalized spacial score (nSPS) is 21.4. The van der Waals surface area contributed by atoms with Crippen molar-refractivity contribution in [2.24, 2.45) is 0 Å². The molecule has 0 amide bonds. The molecule has 0 spiro atoms. The van der Waals surface area contributed by atoms with Gasteiger partial charge < -0.3 is 0 Å². The predicted octanol–water partition coefficient (Wildman–Crippen LogP) is 4.85. The Morgan fingerprint density at radius 1 is 0.647 bits per heavy atom. The van der Waals surface area contributed by atoms with Crippen molar-refractivity contribution in [3.8, 4) is 0 Å². The molecule has 17 heavy (non-hydrogen) atoms. The van der Waals surface area contributed by atoms with Gasteiger partial charge in [0.25, 0.3) is 0 Å². The van der Waals surface area contributed by atoms with Crippen LogP contribution >= 0.6 is 0 Å². The topological polar surface area (TPSA) is 0 Å². The number of rotatable bonds is 0. The fourth-order valence-electron chi connectivity index (χ4n) is 2.26. The Kier molecular flexibility index (Phi) is 5.09. The zero-order valence-electron chi connectivity index (χ0n) is 10.6. The zero-order chi connectivity index (χ0) is 11.8. The lowest BCUT2D eigenvalue weighted by Gasteiger charge is -2.02. The smallest absolute Gasteiger partial charge is 0.00974 e. The average molecular weight is 226 g/mol. The number of hydrogen-bond acceptors (Lipinski definition) is 0. The minimum absolute atomic E-state index is 1.08. The fraction of sp³-hybridized carbons (Fsp3) is 0.412. The minimum Gasteiger partial charge on any atom is -0.0882 e. The summed E-state index contributed by atoms with van der Waals surface area (Å²) in [5.41, 5.74) is 2.87. The maximum atomic E-state index is 2.34. The van der Waals surface area contributed by atoms with Crippen LogP contribution in [-0.4, -0.2) is 0 Å². The molecule has 0 aliphatic heterocycles. The summed E-state index contributed by atoms with van der Waals surface area (Å²) in [5, 5.41) is 0. The highest BCUT2D eigenvalue weighted by Gasteiger charge is 1.94. The van der Waals surface area contributed by atoms with Crippen molar-refractivity contribution in [1.29, 1.82) is 0 Å². The molecule has 0 radical (unpaired) electrons.